The Labute approximate surface area is 158 Å². The number of fused-ring (bicyclic) bond motifs is 1. The number of carboxylic acid groups (broad SMARTS) is 1. The average Bonchev–Trinajstić information content (AvgIpc) is 2.91. The van der Waals surface area contributed by atoms with Gasteiger partial charge in [0.25, 0.3) is 0 Å². The first-order valence-electron chi connectivity index (χ1n) is 7.86. The minimum Gasteiger partial charge on any atom is -0.493 e. The van der Waals surface area contributed by atoms with Crippen LogP contribution in [-0.2, 0) is 11.2 Å². The van der Waals surface area contributed by atoms with Crippen LogP contribution in [0, 0.1) is 6.92 Å². The minimum absolute atomic E-state index is 0.0888. The van der Waals surface area contributed by atoms with Crippen molar-refractivity contribution in [3.8, 4) is 17.0 Å². The summed E-state index contributed by atoms with van der Waals surface area (Å²) in [4.78, 5) is 14.8. The topological polar surface area (TPSA) is 62.3 Å². The van der Waals surface area contributed by atoms with Crippen LogP contribution in [0.2, 0.25) is 5.02 Å². The number of rotatable bonds is 5. The largest absolute Gasteiger partial charge is 0.493 e. The summed E-state index contributed by atoms with van der Waals surface area (Å²) in [5.74, 6) is -0.185. The molecule has 0 bridgehead atoms. The Balaban J connectivity index is 2.34. The predicted molar refractivity (Wildman–Crippen MR) is 104 cm³/mol. The summed E-state index contributed by atoms with van der Waals surface area (Å²) in [7, 11) is 0. The summed E-state index contributed by atoms with van der Waals surface area (Å²) in [6.45, 7) is 4.35. The van der Waals surface area contributed by atoms with Crippen molar-refractivity contribution < 1.29 is 14.6 Å². The molecule has 0 saturated heterocycles. The second-order valence-electron chi connectivity index (χ2n) is 5.72. The lowest BCUT2D eigenvalue weighted by Crippen LogP contribution is -2.02. The summed E-state index contributed by atoms with van der Waals surface area (Å²) in [5, 5.41) is 10.9. The molecule has 0 radical (unpaired) electrons. The molecule has 6 heteroatoms. The van der Waals surface area contributed by atoms with Crippen LogP contribution < -0.4 is 4.74 Å². The summed E-state index contributed by atoms with van der Waals surface area (Å²) < 4.78 is 6.63. The third-order valence-electron chi connectivity index (χ3n) is 4.11. The number of ether oxygens (including phenoxy) is 1. The normalized spacial score (nSPS) is 11.0. The number of aliphatic carboxylic acids is 1. The number of aryl methyl sites for hydroxylation is 1. The maximum Gasteiger partial charge on any atom is 0.307 e. The smallest absolute Gasteiger partial charge is 0.307 e. The molecule has 1 aromatic heterocycles. The molecular weight excluding hydrogens is 406 g/mol. The average molecular weight is 423 g/mol. The number of nitrogens with one attached hydrogen (secondary N) is 1. The van der Waals surface area contributed by atoms with Crippen molar-refractivity contribution in [1.82, 2.24) is 4.98 Å². The summed E-state index contributed by atoms with van der Waals surface area (Å²) in [6.07, 6.45) is -0.0888. The first-order chi connectivity index (χ1) is 11.9. The standard InChI is InChI=1S/C19H17BrClNO3/c1-3-25-16-7-4-11(20)8-14(16)19-13(9-17(23)24)12-5-6-15(21)10(2)18(12)22-19/h4-8,22H,3,9H2,1-2H3,(H,23,24). The highest BCUT2D eigenvalue weighted by molar-refractivity contribution is 9.10. The molecule has 25 heavy (non-hydrogen) atoms. The highest BCUT2D eigenvalue weighted by atomic mass is 79.9. The Kier molecular flexibility index (Phi) is 5.06. The van der Waals surface area contributed by atoms with Gasteiger partial charge in [-0.2, -0.15) is 0 Å². The van der Waals surface area contributed by atoms with Crippen molar-refractivity contribution in [1.29, 1.82) is 0 Å². The molecule has 4 nitrogen and oxygen atoms in total. The van der Waals surface area contributed by atoms with Crippen molar-refractivity contribution in [3.63, 3.8) is 0 Å². The highest BCUT2D eigenvalue weighted by Gasteiger charge is 2.20. The van der Waals surface area contributed by atoms with Crippen LogP contribution in [0.15, 0.2) is 34.8 Å². The van der Waals surface area contributed by atoms with Gasteiger partial charge >= 0.3 is 5.97 Å². The second-order valence-corrected chi connectivity index (χ2v) is 7.04. The van der Waals surface area contributed by atoms with Crippen LogP contribution in [-0.4, -0.2) is 22.7 Å². The lowest BCUT2D eigenvalue weighted by molar-refractivity contribution is -0.136. The van der Waals surface area contributed by atoms with E-state index in [9.17, 15) is 9.90 Å². The molecule has 0 aliphatic rings. The van der Waals surface area contributed by atoms with Crippen LogP contribution in [0.4, 0.5) is 0 Å². The summed E-state index contributed by atoms with van der Waals surface area (Å²) >= 11 is 9.72. The Morgan fingerprint density at radius 3 is 2.76 bits per heavy atom. The number of carboxylic acids is 1. The van der Waals surface area contributed by atoms with Gasteiger partial charge in [-0.25, -0.2) is 0 Å². The summed E-state index contributed by atoms with van der Waals surface area (Å²) in [6, 6.07) is 9.36. The molecule has 0 amide bonds. The zero-order chi connectivity index (χ0) is 18.1. The maximum absolute atomic E-state index is 11.4. The molecule has 0 unspecified atom stereocenters. The molecule has 2 aromatic carbocycles. The van der Waals surface area contributed by atoms with Gasteiger partial charge in [0, 0.05) is 20.4 Å². The summed E-state index contributed by atoms with van der Waals surface area (Å²) in [5.41, 5.74) is 4.03. The molecule has 2 N–H and O–H groups in total. The van der Waals surface area contributed by atoms with Gasteiger partial charge < -0.3 is 14.8 Å². The number of H-pyrrole nitrogens is 1. The minimum atomic E-state index is -0.886. The quantitative estimate of drug-likeness (QED) is 0.564. The Bertz CT molecular complexity index is 965. The van der Waals surface area contributed by atoms with E-state index in [1.54, 1.807) is 6.07 Å². The molecule has 1 heterocycles. The monoisotopic (exact) mass is 421 g/mol. The van der Waals surface area contributed by atoms with Crippen molar-refractivity contribution in [2.24, 2.45) is 0 Å². The van der Waals surface area contributed by atoms with Crippen molar-refractivity contribution in [3.05, 3.63) is 51.0 Å². The predicted octanol–water partition coefficient (Wildman–Crippen LogP) is 5.59. The van der Waals surface area contributed by atoms with Crippen LogP contribution >= 0.6 is 27.5 Å². The fourth-order valence-corrected chi connectivity index (χ4v) is 3.50. The number of aromatic amines is 1. The SMILES string of the molecule is CCOc1ccc(Br)cc1-c1[nH]c2c(C)c(Cl)ccc2c1CC(=O)O. The van der Waals surface area contributed by atoms with Gasteiger partial charge in [0.2, 0.25) is 0 Å². The first-order valence-corrected chi connectivity index (χ1v) is 9.03. The fraction of sp³-hybridized carbons (Fsp3) is 0.211. The third kappa shape index (κ3) is 3.39. The van der Waals surface area contributed by atoms with E-state index in [2.05, 4.69) is 20.9 Å². The second kappa shape index (κ2) is 7.10. The highest BCUT2D eigenvalue weighted by Crippen LogP contribution is 2.39. The molecular formula is C19H17BrClNO3. The molecule has 0 aliphatic heterocycles. The van der Waals surface area contributed by atoms with E-state index in [1.807, 2.05) is 38.1 Å². The van der Waals surface area contributed by atoms with Gasteiger partial charge in [-0.05, 0) is 49.2 Å². The van der Waals surface area contributed by atoms with E-state index < -0.39 is 5.97 Å². The Hall–Kier alpha value is -1.98. The van der Waals surface area contributed by atoms with Gasteiger partial charge in [0.05, 0.1) is 24.2 Å². The van der Waals surface area contributed by atoms with E-state index in [0.717, 1.165) is 37.8 Å². The van der Waals surface area contributed by atoms with Gasteiger partial charge in [-0.15, -0.1) is 0 Å². The van der Waals surface area contributed by atoms with Crippen LogP contribution in [0.25, 0.3) is 22.2 Å². The van der Waals surface area contributed by atoms with E-state index >= 15 is 0 Å². The number of carbonyl (C=O) groups is 1. The van der Waals surface area contributed by atoms with Crippen molar-refractivity contribution in [2.75, 3.05) is 6.61 Å². The molecule has 130 valence electrons. The fourth-order valence-electron chi connectivity index (χ4n) is 2.98. The lowest BCUT2D eigenvalue weighted by atomic mass is 10.0. The number of hydrogen-bond donors (Lipinski definition) is 2. The molecule has 0 saturated carbocycles. The van der Waals surface area contributed by atoms with Gasteiger partial charge in [-0.1, -0.05) is 33.6 Å². The molecule has 3 rings (SSSR count). The number of halogens is 2. The Morgan fingerprint density at radius 2 is 2.08 bits per heavy atom. The lowest BCUT2D eigenvalue weighted by Gasteiger charge is -2.11. The number of hydrogen-bond acceptors (Lipinski definition) is 2. The Morgan fingerprint density at radius 1 is 1.32 bits per heavy atom. The maximum atomic E-state index is 11.4. The van der Waals surface area contributed by atoms with Gasteiger partial charge in [0.15, 0.2) is 0 Å². The molecule has 0 aliphatic carbocycles. The molecule has 0 spiro atoms. The number of aromatic nitrogens is 1. The van der Waals surface area contributed by atoms with E-state index in [1.165, 1.54) is 0 Å². The number of benzene rings is 2. The van der Waals surface area contributed by atoms with E-state index in [4.69, 9.17) is 16.3 Å². The van der Waals surface area contributed by atoms with Crippen LogP contribution in [0.3, 0.4) is 0 Å². The van der Waals surface area contributed by atoms with Gasteiger partial charge in [-0.3, -0.25) is 4.79 Å². The third-order valence-corrected chi connectivity index (χ3v) is 5.02. The molecule has 0 atom stereocenters. The van der Waals surface area contributed by atoms with Crippen LogP contribution in [0.1, 0.15) is 18.1 Å². The van der Waals surface area contributed by atoms with E-state index in [0.29, 0.717) is 17.4 Å². The van der Waals surface area contributed by atoms with E-state index in [-0.39, 0.29) is 6.42 Å². The van der Waals surface area contributed by atoms with Gasteiger partial charge in [0.1, 0.15) is 5.75 Å². The molecule has 3 aromatic rings. The zero-order valence-corrected chi connectivity index (χ0v) is 16.2. The van der Waals surface area contributed by atoms with Crippen LogP contribution in [0.5, 0.6) is 5.75 Å². The first kappa shape index (κ1) is 17.8. The molecule has 0 fully saturated rings. The zero-order valence-electron chi connectivity index (χ0n) is 13.8. The van der Waals surface area contributed by atoms with Crippen molar-refractivity contribution in [2.45, 2.75) is 20.3 Å². The van der Waals surface area contributed by atoms with Crippen molar-refractivity contribution >= 4 is 44.4 Å².